The number of dihydropyridines is 1. The van der Waals surface area contributed by atoms with Crippen LogP contribution in [-0.4, -0.2) is 50.1 Å². The van der Waals surface area contributed by atoms with Gasteiger partial charge in [-0.1, -0.05) is 0 Å². The highest BCUT2D eigenvalue weighted by Crippen LogP contribution is 2.42. The van der Waals surface area contributed by atoms with Gasteiger partial charge in [0.2, 0.25) is 0 Å². The number of carbonyl (C=O) groups excluding carboxylic acids is 3. The Kier molecular flexibility index (Phi) is 7.69. The molecule has 164 valence electrons. The number of ether oxygens (including phenoxy) is 3. The largest absolute Gasteiger partial charge is 0.465 e. The average Bonchev–Trinajstić information content (AvgIpc) is 2.56. The first-order valence-corrected chi connectivity index (χ1v) is 8.12. The lowest BCUT2D eigenvalue weighted by Crippen LogP contribution is -2.45. The lowest BCUT2D eigenvalue weighted by Gasteiger charge is -2.32. The predicted molar refractivity (Wildman–Crippen MR) is 82.7 cm³/mol. The molecule has 0 bridgehead atoms. The molecule has 1 heterocycles. The number of carbonyl (C=O) groups is 3. The van der Waals surface area contributed by atoms with Crippen LogP contribution in [0.2, 0.25) is 0 Å². The third-order valence-corrected chi connectivity index (χ3v) is 3.50. The van der Waals surface area contributed by atoms with Crippen molar-refractivity contribution >= 4 is 17.9 Å². The summed E-state index contributed by atoms with van der Waals surface area (Å²) in [6.07, 6.45) is -10.9. The van der Waals surface area contributed by atoms with E-state index in [9.17, 15) is 40.7 Å². The van der Waals surface area contributed by atoms with Crippen molar-refractivity contribution in [3.8, 4) is 0 Å². The van der Waals surface area contributed by atoms with E-state index in [0.717, 1.165) is 12.2 Å². The summed E-state index contributed by atoms with van der Waals surface area (Å²) in [5.41, 5.74) is -6.82. The van der Waals surface area contributed by atoms with Crippen molar-refractivity contribution in [2.75, 3.05) is 19.8 Å². The molecule has 1 N–H and O–H groups in total. The number of rotatable bonds is 6. The van der Waals surface area contributed by atoms with Crippen molar-refractivity contribution in [1.82, 2.24) is 5.32 Å². The molecular weight excluding hydrogens is 416 g/mol. The summed E-state index contributed by atoms with van der Waals surface area (Å²) in [6, 6.07) is 0. The molecule has 0 radical (unpaired) electrons. The molecule has 1 aliphatic heterocycles. The second kappa shape index (κ2) is 9.18. The summed E-state index contributed by atoms with van der Waals surface area (Å²) < 4.78 is 94.3. The molecule has 1 aliphatic rings. The van der Waals surface area contributed by atoms with E-state index in [-0.39, 0.29) is 0 Å². The van der Waals surface area contributed by atoms with Gasteiger partial charge in [-0.25, -0.2) is 9.59 Å². The number of halogens is 6. The maximum absolute atomic E-state index is 13.5. The SMILES string of the molecule is CCOC(=O)C1=C(C(F)(F)F)NC(C(F)(F)F)=C(C(=O)OCC)C1COC(C)=O. The Labute approximate surface area is 160 Å². The Morgan fingerprint density at radius 1 is 0.828 bits per heavy atom. The summed E-state index contributed by atoms with van der Waals surface area (Å²) in [6.45, 7) is 1.39. The topological polar surface area (TPSA) is 90.9 Å². The summed E-state index contributed by atoms with van der Waals surface area (Å²) >= 11 is 0. The monoisotopic (exact) mass is 433 g/mol. The number of nitrogens with one attached hydrogen (secondary N) is 1. The Morgan fingerprint density at radius 3 is 1.48 bits per heavy atom. The zero-order valence-electron chi connectivity index (χ0n) is 15.4. The Bertz CT molecular complexity index is 685. The van der Waals surface area contributed by atoms with Gasteiger partial charge in [-0.05, 0) is 13.8 Å². The molecule has 1 rings (SSSR count). The van der Waals surface area contributed by atoms with Crippen LogP contribution in [0.5, 0.6) is 0 Å². The van der Waals surface area contributed by atoms with Gasteiger partial charge in [0.05, 0.1) is 30.3 Å². The molecule has 0 amide bonds. The second-order valence-electron chi connectivity index (χ2n) is 5.49. The van der Waals surface area contributed by atoms with Crippen LogP contribution in [0.4, 0.5) is 26.3 Å². The third-order valence-electron chi connectivity index (χ3n) is 3.50. The molecule has 0 saturated heterocycles. The smallest absolute Gasteiger partial charge is 0.431 e. The van der Waals surface area contributed by atoms with Gasteiger partial charge in [0.1, 0.15) is 18.0 Å². The minimum absolute atomic E-state index is 0.404. The highest BCUT2D eigenvalue weighted by atomic mass is 19.4. The summed E-state index contributed by atoms with van der Waals surface area (Å²) in [5.74, 6) is -6.55. The standard InChI is InChI=1S/C16H17F6NO6/c1-4-27-13(25)9-8(6-29-7(3)24)10(14(26)28-5-2)12(16(20,21)22)23-11(9)15(17,18)19/h8,23H,4-6H2,1-3H3. The molecule has 7 nitrogen and oxygen atoms in total. The van der Waals surface area contributed by atoms with E-state index in [1.807, 2.05) is 0 Å². The van der Waals surface area contributed by atoms with Crippen LogP contribution in [-0.2, 0) is 28.6 Å². The first-order chi connectivity index (χ1) is 13.3. The zero-order valence-corrected chi connectivity index (χ0v) is 15.4. The second-order valence-corrected chi connectivity index (χ2v) is 5.49. The van der Waals surface area contributed by atoms with E-state index < -0.39 is 78.5 Å². The van der Waals surface area contributed by atoms with Crippen LogP contribution in [0, 0.1) is 5.92 Å². The van der Waals surface area contributed by atoms with Crippen molar-refractivity contribution in [1.29, 1.82) is 0 Å². The number of hydrogen-bond donors (Lipinski definition) is 1. The highest BCUT2D eigenvalue weighted by Gasteiger charge is 2.53. The van der Waals surface area contributed by atoms with E-state index in [1.54, 1.807) is 0 Å². The lowest BCUT2D eigenvalue weighted by molar-refractivity contribution is -0.148. The van der Waals surface area contributed by atoms with Crippen molar-refractivity contribution in [3.63, 3.8) is 0 Å². The minimum atomic E-state index is -5.45. The van der Waals surface area contributed by atoms with Crippen LogP contribution in [0.3, 0.4) is 0 Å². The summed E-state index contributed by atoms with van der Waals surface area (Å²) in [7, 11) is 0. The van der Waals surface area contributed by atoms with Gasteiger partial charge >= 0.3 is 30.3 Å². The molecule has 0 atom stereocenters. The maximum atomic E-state index is 13.5. The number of alkyl halides is 6. The van der Waals surface area contributed by atoms with E-state index in [4.69, 9.17) is 0 Å². The van der Waals surface area contributed by atoms with Crippen LogP contribution >= 0.6 is 0 Å². The molecule has 13 heteroatoms. The van der Waals surface area contributed by atoms with Crippen LogP contribution < -0.4 is 5.32 Å². The number of hydrogen-bond acceptors (Lipinski definition) is 7. The number of esters is 3. The molecule has 0 fully saturated rings. The molecule has 0 saturated carbocycles. The van der Waals surface area contributed by atoms with Gasteiger partial charge in [0, 0.05) is 6.92 Å². The fraction of sp³-hybridized carbons (Fsp3) is 0.562. The Morgan fingerprint density at radius 2 is 1.21 bits per heavy atom. The van der Waals surface area contributed by atoms with Gasteiger partial charge in [-0.15, -0.1) is 0 Å². The maximum Gasteiger partial charge on any atom is 0.431 e. The van der Waals surface area contributed by atoms with Gasteiger partial charge in [-0.2, -0.15) is 26.3 Å². The summed E-state index contributed by atoms with van der Waals surface area (Å²) in [4.78, 5) is 35.5. The molecule has 0 aromatic carbocycles. The predicted octanol–water partition coefficient (Wildman–Crippen LogP) is 2.53. The van der Waals surface area contributed by atoms with Crippen molar-refractivity contribution in [3.05, 3.63) is 22.5 Å². The first-order valence-electron chi connectivity index (χ1n) is 8.12. The van der Waals surface area contributed by atoms with Crippen LogP contribution in [0.25, 0.3) is 0 Å². The van der Waals surface area contributed by atoms with Crippen LogP contribution in [0.1, 0.15) is 20.8 Å². The third kappa shape index (κ3) is 5.87. The summed E-state index contributed by atoms with van der Waals surface area (Å²) in [5, 5.41) is 1.10. The molecular formula is C16H17F6NO6. The molecule has 0 aliphatic carbocycles. The fourth-order valence-electron chi connectivity index (χ4n) is 2.47. The van der Waals surface area contributed by atoms with Gasteiger partial charge in [0.15, 0.2) is 0 Å². The highest BCUT2D eigenvalue weighted by molar-refractivity contribution is 5.98. The Hall–Kier alpha value is -2.73. The van der Waals surface area contributed by atoms with Gasteiger partial charge in [-0.3, -0.25) is 4.79 Å². The minimum Gasteiger partial charge on any atom is -0.465 e. The zero-order chi connectivity index (χ0) is 22.6. The molecule has 0 unspecified atom stereocenters. The van der Waals surface area contributed by atoms with Crippen molar-refractivity contribution in [2.24, 2.45) is 5.92 Å². The Balaban J connectivity index is 3.82. The molecule has 0 spiro atoms. The van der Waals surface area contributed by atoms with Crippen LogP contribution in [0.15, 0.2) is 22.5 Å². The molecule has 0 aromatic rings. The van der Waals surface area contributed by atoms with E-state index >= 15 is 0 Å². The number of allylic oxidation sites excluding steroid dienone is 2. The average molecular weight is 433 g/mol. The van der Waals surface area contributed by atoms with E-state index in [2.05, 4.69) is 14.2 Å². The molecule has 0 aromatic heterocycles. The quantitative estimate of drug-likeness (QED) is 0.391. The first kappa shape index (κ1) is 24.3. The fourth-order valence-corrected chi connectivity index (χ4v) is 2.47. The normalized spacial score (nSPS) is 15.8. The lowest BCUT2D eigenvalue weighted by atomic mass is 9.85. The van der Waals surface area contributed by atoms with Gasteiger partial charge in [0.25, 0.3) is 0 Å². The molecule has 29 heavy (non-hydrogen) atoms. The van der Waals surface area contributed by atoms with E-state index in [1.165, 1.54) is 13.8 Å². The van der Waals surface area contributed by atoms with Crippen molar-refractivity contribution < 1.29 is 54.9 Å². The van der Waals surface area contributed by atoms with Gasteiger partial charge < -0.3 is 19.5 Å². The van der Waals surface area contributed by atoms with Crippen molar-refractivity contribution in [2.45, 2.75) is 33.1 Å². The van der Waals surface area contributed by atoms with E-state index in [0.29, 0.717) is 0 Å².